The second-order valence-electron chi connectivity index (χ2n) is 3.31. The van der Waals surface area contributed by atoms with Crippen LogP contribution in [-0.2, 0) is 0 Å². The number of rotatable bonds is 1. The standard InChI is InChI=1S/C13H9F2/c1-9-2-5-12(15)8-13(9)10-3-6-11(14)7-4-10/h2-8H,1H2. The van der Waals surface area contributed by atoms with Crippen LogP contribution in [0.3, 0.4) is 0 Å². The Morgan fingerprint density at radius 2 is 1.40 bits per heavy atom. The van der Waals surface area contributed by atoms with Gasteiger partial charge in [-0.25, -0.2) is 8.78 Å². The van der Waals surface area contributed by atoms with E-state index in [0.29, 0.717) is 5.56 Å². The van der Waals surface area contributed by atoms with Crippen LogP contribution in [0.25, 0.3) is 11.1 Å². The first-order valence-corrected chi connectivity index (χ1v) is 4.54. The number of hydrogen-bond acceptors (Lipinski definition) is 0. The van der Waals surface area contributed by atoms with E-state index in [1.165, 1.54) is 24.3 Å². The lowest BCUT2D eigenvalue weighted by Gasteiger charge is -2.05. The van der Waals surface area contributed by atoms with Crippen molar-refractivity contribution in [1.82, 2.24) is 0 Å². The Balaban J connectivity index is 2.53. The number of benzene rings is 2. The lowest BCUT2D eigenvalue weighted by Crippen LogP contribution is -1.85. The molecule has 0 heterocycles. The average Bonchev–Trinajstić information content (AvgIpc) is 2.23. The van der Waals surface area contributed by atoms with Gasteiger partial charge in [0.15, 0.2) is 0 Å². The van der Waals surface area contributed by atoms with E-state index in [2.05, 4.69) is 6.92 Å². The Morgan fingerprint density at radius 3 is 2.07 bits per heavy atom. The van der Waals surface area contributed by atoms with Crippen LogP contribution in [0.4, 0.5) is 8.78 Å². The van der Waals surface area contributed by atoms with Gasteiger partial charge in [0.2, 0.25) is 0 Å². The molecule has 0 atom stereocenters. The molecule has 0 fully saturated rings. The molecule has 2 aromatic carbocycles. The third kappa shape index (κ3) is 2.04. The summed E-state index contributed by atoms with van der Waals surface area (Å²) in [5.41, 5.74) is 2.18. The Hall–Kier alpha value is -1.70. The van der Waals surface area contributed by atoms with E-state index in [1.54, 1.807) is 18.2 Å². The molecule has 0 spiro atoms. The molecule has 0 aromatic heterocycles. The summed E-state index contributed by atoms with van der Waals surface area (Å²) >= 11 is 0. The van der Waals surface area contributed by atoms with Crippen molar-refractivity contribution in [3.05, 3.63) is 66.6 Å². The van der Waals surface area contributed by atoms with E-state index in [0.717, 1.165) is 11.1 Å². The Kier molecular flexibility index (Phi) is 2.50. The predicted octanol–water partition coefficient (Wildman–Crippen LogP) is 3.81. The minimum Gasteiger partial charge on any atom is -0.207 e. The SMILES string of the molecule is [CH2]c1ccc(F)cc1-c1ccc(F)cc1. The maximum absolute atomic E-state index is 13.0. The van der Waals surface area contributed by atoms with Crippen molar-refractivity contribution in [1.29, 1.82) is 0 Å². The molecular weight excluding hydrogens is 194 g/mol. The highest BCUT2D eigenvalue weighted by Gasteiger charge is 2.03. The highest BCUT2D eigenvalue weighted by molar-refractivity contribution is 5.68. The first-order valence-electron chi connectivity index (χ1n) is 4.54. The Labute approximate surface area is 87.2 Å². The Morgan fingerprint density at radius 1 is 0.800 bits per heavy atom. The molecule has 2 rings (SSSR count). The van der Waals surface area contributed by atoms with Gasteiger partial charge >= 0.3 is 0 Å². The molecule has 0 saturated carbocycles. The van der Waals surface area contributed by atoms with Crippen LogP contribution in [0, 0.1) is 18.6 Å². The largest absolute Gasteiger partial charge is 0.207 e. The highest BCUT2D eigenvalue weighted by Crippen LogP contribution is 2.24. The molecule has 0 aliphatic rings. The van der Waals surface area contributed by atoms with Gasteiger partial charge < -0.3 is 0 Å². The molecule has 15 heavy (non-hydrogen) atoms. The van der Waals surface area contributed by atoms with Crippen molar-refractivity contribution in [2.24, 2.45) is 0 Å². The maximum Gasteiger partial charge on any atom is 0.123 e. The van der Waals surface area contributed by atoms with Crippen molar-refractivity contribution in [2.75, 3.05) is 0 Å². The van der Waals surface area contributed by atoms with Crippen molar-refractivity contribution < 1.29 is 8.78 Å². The molecule has 0 unspecified atom stereocenters. The molecule has 0 N–H and O–H groups in total. The average molecular weight is 203 g/mol. The normalized spacial score (nSPS) is 10.3. The first kappa shape index (κ1) is 9.84. The highest BCUT2D eigenvalue weighted by atomic mass is 19.1. The molecule has 2 aromatic rings. The molecule has 0 nitrogen and oxygen atoms in total. The summed E-state index contributed by atoms with van der Waals surface area (Å²) in [7, 11) is 0. The van der Waals surface area contributed by atoms with Crippen LogP contribution in [-0.4, -0.2) is 0 Å². The van der Waals surface area contributed by atoms with Crippen LogP contribution < -0.4 is 0 Å². The molecular formula is C13H9F2. The van der Waals surface area contributed by atoms with Crippen molar-refractivity contribution in [3.8, 4) is 11.1 Å². The van der Waals surface area contributed by atoms with Crippen LogP contribution >= 0.6 is 0 Å². The first-order chi connectivity index (χ1) is 7.16. The third-order valence-electron chi connectivity index (χ3n) is 2.23. The van der Waals surface area contributed by atoms with E-state index in [1.807, 2.05) is 0 Å². The number of hydrogen-bond donors (Lipinski definition) is 0. The zero-order valence-corrected chi connectivity index (χ0v) is 8.00. The van der Waals surface area contributed by atoms with E-state index < -0.39 is 0 Å². The fraction of sp³-hybridized carbons (Fsp3) is 0. The smallest absolute Gasteiger partial charge is 0.123 e. The monoisotopic (exact) mass is 203 g/mol. The third-order valence-corrected chi connectivity index (χ3v) is 2.23. The van der Waals surface area contributed by atoms with Crippen LogP contribution in [0.1, 0.15) is 5.56 Å². The van der Waals surface area contributed by atoms with Gasteiger partial charge in [0.25, 0.3) is 0 Å². The van der Waals surface area contributed by atoms with Crippen molar-refractivity contribution >= 4 is 0 Å². The maximum atomic E-state index is 13.0. The summed E-state index contributed by atoms with van der Waals surface area (Å²) in [6, 6.07) is 10.3. The van der Waals surface area contributed by atoms with Gasteiger partial charge in [-0.15, -0.1) is 0 Å². The molecule has 0 aliphatic carbocycles. The Bertz CT molecular complexity index is 472. The summed E-state index contributed by atoms with van der Waals surface area (Å²) in [6.07, 6.45) is 0. The molecule has 2 heteroatoms. The van der Waals surface area contributed by atoms with Crippen LogP contribution in [0.15, 0.2) is 42.5 Å². The lowest BCUT2D eigenvalue weighted by atomic mass is 10.0. The van der Waals surface area contributed by atoms with Gasteiger partial charge in [-0.3, -0.25) is 0 Å². The van der Waals surface area contributed by atoms with Crippen LogP contribution in [0.2, 0.25) is 0 Å². The van der Waals surface area contributed by atoms with E-state index in [-0.39, 0.29) is 11.6 Å². The topological polar surface area (TPSA) is 0 Å². The molecule has 75 valence electrons. The quantitative estimate of drug-likeness (QED) is 0.661. The van der Waals surface area contributed by atoms with E-state index in [4.69, 9.17) is 0 Å². The van der Waals surface area contributed by atoms with Gasteiger partial charge in [-0.05, 0) is 47.9 Å². The zero-order chi connectivity index (χ0) is 10.8. The van der Waals surface area contributed by atoms with Gasteiger partial charge in [-0.1, -0.05) is 18.2 Å². The van der Waals surface area contributed by atoms with E-state index in [9.17, 15) is 8.78 Å². The van der Waals surface area contributed by atoms with Crippen LogP contribution in [0.5, 0.6) is 0 Å². The summed E-state index contributed by atoms with van der Waals surface area (Å²) in [6.45, 7) is 3.80. The predicted molar refractivity (Wildman–Crippen MR) is 56.3 cm³/mol. The molecule has 1 radical (unpaired) electrons. The van der Waals surface area contributed by atoms with Gasteiger partial charge in [0.1, 0.15) is 11.6 Å². The minimum atomic E-state index is -0.318. The summed E-state index contributed by atoms with van der Waals surface area (Å²) in [4.78, 5) is 0. The molecule has 0 saturated heterocycles. The molecule has 0 bridgehead atoms. The zero-order valence-electron chi connectivity index (χ0n) is 8.00. The van der Waals surface area contributed by atoms with Gasteiger partial charge in [-0.2, -0.15) is 0 Å². The number of halogens is 2. The van der Waals surface area contributed by atoms with Gasteiger partial charge in [0.05, 0.1) is 0 Å². The lowest BCUT2D eigenvalue weighted by molar-refractivity contribution is 0.627. The second kappa shape index (κ2) is 3.81. The van der Waals surface area contributed by atoms with Crippen molar-refractivity contribution in [3.63, 3.8) is 0 Å². The summed E-state index contributed by atoms with van der Waals surface area (Å²) in [5, 5.41) is 0. The fourth-order valence-electron chi connectivity index (χ4n) is 1.45. The summed E-state index contributed by atoms with van der Waals surface area (Å²) < 4.78 is 25.7. The molecule has 0 amide bonds. The second-order valence-corrected chi connectivity index (χ2v) is 3.31. The fourth-order valence-corrected chi connectivity index (χ4v) is 1.45. The van der Waals surface area contributed by atoms with E-state index >= 15 is 0 Å². The minimum absolute atomic E-state index is 0.305. The van der Waals surface area contributed by atoms with Crippen molar-refractivity contribution in [2.45, 2.75) is 0 Å². The molecule has 0 aliphatic heterocycles. The van der Waals surface area contributed by atoms with Gasteiger partial charge in [0, 0.05) is 0 Å². The summed E-state index contributed by atoms with van der Waals surface area (Å²) in [5.74, 6) is -0.623.